The van der Waals surface area contributed by atoms with Gasteiger partial charge in [-0.3, -0.25) is 4.79 Å². The highest BCUT2D eigenvalue weighted by Gasteiger charge is 2.17. The Hall–Kier alpha value is -1.01. The number of anilines is 1. The van der Waals surface area contributed by atoms with E-state index in [1.807, 2.05) is 13.8 Å². The minimum absolute atomic E-state index is 0.0911. The molecule has 0 spiro atoms. The quantitative estimate of drug-likeness (QED) is 0.866. The molecular weight excluding hydrogens is 260 g/mol. The number of halogens is 1. The van der Waals surface area contributed by atoms with Crippen LogP contribution in [-0.2, 0) is 4.79 Å². The third-order valence-corrected chi connectivity index (χ3v) is 2.30. The first-order valence-corrected chi connectivity index (χ1v) is 5.34. The Bertz CT molecular complexity index is 338. The van der Waals surface area contributed by atoms with E-state index in [-0.39, 0.29) is 11.8 Å². The van der Waals surface area contributed by atoms with E-state index in [1.165, 1.54) is 12.4 Å². The van der Waals surface area contributed by atoms with Gasteiger partial charge in [-0.15, -0.1) is 0 Å². The summed E-state index contributed by atoms with van der Waals surface area (Å²) in [5.41, 5.74) is 5.67. The lowest BCUT2D eigenvalue weighted by Crippen LogP contribution is -2.39. The summed E-state index contributed by atoms with van der Waals surface area (Å²) in [5, 5.41) is 2.59. The number of hydrogen-bond donors (Lipinski definition) is 2. The van der Waals surface area contributed by atoms with Gasteiger partial charge in [-0.2, -0.15) is 0 Å². The molecule has 0 aliphatic rings. The first kappa shape index (κ1) is 12.1. The molecule has 1 heterocycles. The second-order valence-corrected chi connectivity index (χ2v) is 4.30. The van der Waals surface area contributed by atoms with Crippen molar-refractivity contribution in [3.05, 3.63) is 17.0 Å². The van der Waals surface area contributed by atoms with Crippen molar-refractivity contribution >= 4 is 27.7 Å². The van der Waals surface area contributed by atoms with Crippen molar-refractivity contribution in [1.29, 1.82) is 0 Å². The Morgan fingerprint density at radius 3 is 2.60 bits per heavy atom. The molecule has 1 aromatic rings. The van der Waals surface area contributed by atoms with Gasteiger partial charge in [0.1, 0.15) is 4.60 Å². The molecule has 1 amide bonds. The molecule has 1 rings (SSSR count). The van der Waals surface area contributed by atoms with Gasteiger partial charge < -0.3 is 11.1 Å². The molecule has 6 heteroatoms. The van der Waals surface area contributed by atoms with Crippen molar-refractivity contribution in [3.8, 4) is 0 Å². The highest BCUT2D eigenvalue weighted by Crippen LogP contribution is 2.07. The Labute approximate surface area is 96.6 Å². The van der Waals surface area contributed by atoms with Gasteiger partial charge >= 0.3 is 0 Å². The fourth-order valence-corrected chi connectivity index (χ4v) is 1.09. The van der Waals surface area contributed by atoms with Crippen LogP contribution in [0.1, 0.15) is 13.8 Å². The Morgan fingerprint density at radius 2 is 2.13 bits per heavy atom. The van der Waals surface area contributed by atoms with Crippen LogP contribution in [0.3, 0.4) is 0 Å². The zero-order valence-electron chi connectivity index (χ0n) is 8.57. The van der Waals surface area contributed by atoms with Crippen LogP contribution in [0.4, 0.5) is 5.82 Å². The van der Waals surface area contributed by atoms with Crippen molar-refractivity contribution in [2.45, 2.75) is 19.9 Å². The first-order valence-electron chi connectivity index (χ1n) is 4.54. The van der Waals surface area contributed by atoms with Crippen molar-refractivity contribution in [3.63, 3.8) is 0 Å². The number of aromatic nitrogens is 2. The predicted molar refractivity (Wildman–Crippen MR) is 61.2 cm³/mol. The normalized spacial score (nSPS) is 12.6. The van der Waals surface area contributed by atoms with E-state index in [4.69, 9.17) is 5.73 Å². The maximum Gasteiger partial charge on any atom is 0.242 e. The first-order chi connectivity index (χ1) is 7.00. The highest BCUT2D eigenvalue weighted by molar-refractivity contribution is 9.10. The van der Waals surface area contributed by atoms with Gasteiger partial charge in [-0.1, -0.05) is 13.8 Å². The van der Waals surface area contributed by atoms with E-state index in [1.54, 1.807) is 0 Å². The van der Waals surface area contributed by atoms with Crippen LogP contribution in [0.15, 0.2) is 17.0 Å². The number of hydrogen-bond acceptors (Lipinski definition) is 4. The maximum absolute atomic E-state index is 11.5. The van der Waals surface area contributed by atoms with Crippen molar-refractivity contribution in [2.24, 2.45) is 11.7 Å². The van der Waals surface area contributed by atoms with Crippen LogP contribution < -0.4 is 11.1 Å². The largest absolute Gasteiger partial charge is 0.320 e. The van der Waals surface area contributed by atoms with Crippen LogP contribution in [-0.4, -0.2) is 21.9 Å². The topological polar surface area (TPSA) is 80.9 Å². The third-order valence-electron chi connectivity index (χ3n) is 1.89. The zero-order valence-corrected chi connectivity index (χ0v) is 10.2. The molecule has 0 aromatic carbocycles. The van der Waals surface area contributed by atoms with E-state index in [9.17, 15) is 4.79 Å². The van der Waals surface area contributed by atoms with Crippen molar-refractivity contribution in [1.82, 2.24) is 9.97 Å². The average molecular weight is 273 g/mol. The van der Waals surface area contributed by atoms with Gasteiger partial charge in [0.05, 0.1) is 18.4 Å². The van der Waals surface area contributed by atoms with E-state index >= 15 is 0 Å². The number of nitrogens with two attached hydrogens (primary N) is 1. The van der Waals surface area contributed by atoms with Gasteiger partial charge in [-0.05, 0) is 21.8 Å². The van der Waals surface area contributed by atoms with E-state index in [0.717, 1.165) is 0 Å². The number of carbonyl (C=O) groups is 1. The highest BCUT2D eigenvalue weighted by atomic mass is 79.9. The van der Waals surface area contributed by atoms with Gasteiger partial charge in [0.25, 0.3) is 0 Å². The molecule has 3 N–H and O–H groups in total. The van der Waals surface area contributed by atoms with Crippen LogP contribution in [0.5, 0.6) is 0 Å². The standard InChI is InChI=1S/C9H13BrN4O/c1-5(2)8(11)9(15)14-7-4-12-6(10)3-13-7/h3-5,8H,11H2,1-2H3,(H,13,14,15)/t8-/m0/s1. The summed E-state index contributed by atoms with van der Waals surface area (Å²) in [6.45, 7) is 3.77. The van der Waals surface area contributed by atoms with Crippen LogP contribution >= 0.6 is 15.9 Å². The number of nitrogens with zero attached hydrogens (tertiary/aromatic N) is 2. The Morgan fingerprint density at radius 1 is 1.47 bits per heavy atom. The molecule has 1 aromatic heterocycles. The third kappa shape index (κ3) is 3.56. The van der Waals surface area contributed by atoms with Gasteiger partial charge in [-0.25, -0.2) is 9.97 Å². The lowest BCUT2D eigenvalue weighted by molar-refractivity contribution is -0.118. The van der Waals surface area contributed by atoms with Crippen LogP contribution in [0.2, 0.25) is 0 Å². The molecule has 0 saturated heterocycles. The lowest BCUT2D eigenvalue weighted by Gasteiger charge is -2.14. The average Bonchev–Trinajstić information content (AvgIpc) is 2.20. The van der Waals surface area contributed by atoms with Crippen LogP contribution in [0.25, 0.3) is 0 Å². The molecule has 0 unspecified atom stereocenters. The summed E-state index contributed by atoms with van der Waals surface area (Å²) in [6.07, 6.45) is 2.98. The summed E-state index contributed by atoms with van der Waals surface area (Å²) in [4.78, 5) is 19.4. The molecule has 0 aliphatic heterocycles. The molecule has 1 atom stereocenters. The number of rotatable bonds is 3. The summed E-state index contributed by atoms with van der Waals surface area (Å²) >= 11 is 3.15. The van der Waals surface area contributed by atoms with E-state index in [0.29, 0.717) is 10.4 Å². The molecular formula is C9H13BrN4O. The van der Waals surface area contributed by atoms with Crippen LogP contribution in [0, 0.1) is 5.92 Å². The minimum Gasteiger partial charge on any atom is -0.320 e. The lowest BCUT2D eigenvalue weighted by atomic mass is 10.1. The minimum atomic E-state index is -0.532. The zero-order chi connectivity index (χ0) is 11.4. The molecule has 0 aliphatic carbocycles. The van der Waals surface area contributed by atoms with Gasteiger partial charge in [0.15, 0.2) is 5.82 Å². The van der Waals surface area contributed by atoms with Crippen molar-refractivity contribution in [2.75, 3.05) is 5.32 Å². The van der Waals surface area contributed by atoms with Crippen molar-refractivity contribution < 1.29 is 4.79 Å². The fraction of sp³-hybridized carbons (Fsp3) is 0.444. The summed E-state index contributed by atoms with van der Waals surface area (Å²) in [6, 6.07) is -0.532. The molecule has 82 valence electrons. The Balaban J connectivity index is 2.62. The fourth-order valence-electron chi connectivity index (χ4n) is 0.889. The number of nitrogens with one attached hydrogen (secondary N) is 1. The second kappa shape index (κ2) is 5.18. The smallest absolute Gasteiger partial charge is 0.242 e. The van der Waals surface area contributed by atoms with Gasteiger partial charge in [0.2, 0.25) is 5.91 Å². The maximum atomic E-state index is 11.5. The molecule has 15 heavy (non-hydrogen) atoms. The number of carbonyl (C=O) groups excluding carboxylic acids is 1. The second-order valence-electron chi connectivity index (χ2n) is 3.48. The SMILES string of the molecule is CC(C)[C@H](N)C(=O)Nc1cnc(Br)cn1. The summed E-state index contributed by atoms with van der Waals surface area (Å²) in [5.74, 6) is 0.245. The van der Waals surface area contributed by atoms with Gasteiger partial charge in [0, 0.05) is 0 Å². The molecule has 0 radical (unpaired) electrons. The number of amides is 1. The molecule has 5 nitrogen and oxygen atoms in total. The molecule has 0 saturated carbocycles. The van der Waals surface area contributed by atoms with E-state index in [2.05, 4.69) is 31.2 Å². The summed E-state index contributed by atoms with van der Waals surface area (Å²) in [7, 11) is 0. The molecule has 0 bridgehead atoms. The summed E-state index contributed by atoms with van der Waals surface area (Å²) < 4.78 is 0.619. The van der Waals surface area contributed by atoms with E-state index < -0.39 is 6.04 Å². The predicted octanol–water partition coefficient (Wildman–Crippen LogP) is 1.16. The monoisotopic (exact) mass is 272 g/mol. The Kier molecular flexibility index (Phi) is 4.16. The molecule has 0 fully saturated rings.